The molecule has 0 bridgehead atoms. The lowest BCUT2D eigenvalue weighted by atomic mass is 10.1. The summed E-state index contributed by atoms with van der Waals surface area (Å²) in [6, 6.07) is 8.94. The summed E-state index contributed by atoms with van der Waals surface area (Å²) in [6.45, 7) is 5.89. The average Bonchev–Trinajstić information content (AvgIpc) is 3.09. The van der Waals surface area contributed by atoms with Crippen LogP contribution in [-0.4, -0.2) is 16.6 Å². The molecule has 0 atom stereocenters. The molecular formula is C19H18Cl2N4OS. The smallest absolute Gasteiger partial charge is 0.255 e. The number of fused-ring (bicyclic) bond motifs is 1. The maximum Gasteiger partial charge on any atom is 0.255 e. The molecule has 2 aromatic carbocycles. The zero-order chi connectivity index (χ0) is 19.6. The van der Waals surface area contributed by atoms with Crippen LogP contribution in [-0.2, 0) is 0 Å². The Labute approximate surface area is 171 Å². The van der Waals surface area contributed by atoms with Crippen LogP contribution < -0.4 is 10.7 Å². The molecule has 2 N–H and O–H groups in total. The number of nitrogens with zero attached hydrogens (tertiary/aromatic N) is 2. The van der Waals surface area contributed by atoms with Crippen LogP contribution in [0.5, 0.6) is 0 Å². The van der Waals surface area contributed by atoms with Gasteiger partial charge in [0.15, 0.2) is 0 Å². The Balaban J connectivity index is 1.93. The van der Waals surface area contributed by atoms with E-state index < -0.39 is 0 Å². The highest BCUT2D eigenvalue weighted by atomic mass is 35.5. The molecular weight excluding hydrogens is 403 g/mol. The second-order valence-corrected chi connectivity index (χ2v) is 7.84. The third-order valence-electron chi connectivity index (χ3n) is 3.94. The van der Waals surface area contributed by atoms with Gasteiger partial charge in [0.05, 0.1) is 20.4 Å². The number of hydrazone groups is 1. The molecule has 0 saturated heterocycles. The van der Waals surface area contributed by atoms with Crippen molar-refractivity contribution in [1.82, 2.24) is 4.98 Å². The molecule has 0 unspecified atom stereocenters. The molecule has 0 aliphatic carbocycles. The predicted octanol–water partition coefficient (Wildman–Crippen LogP) is 6.36. The fourth-order valence-corrected chi connectivity index (χ4v) is 3.84. The maximum atomic E-state index is 12.5. The van der Waals surface area contributed by atoms with Gasteiger partial charge in [0.1, 0.15) is 5.52 Å². The lowest BCUT2D eigenvalue weighted by Crippen LogP contribution is -2.12. The van der Waals surface area contributed by atoms with E-state index in [1.165, 1.54) is 11.3 Å². The normalized spacial score (nSPS) is 11.7. The van der Waals surface area contributed by atoms with Gasteiger partial charge >= 0.3 is 0 Å². The molecule has 8 heteroatoms. The van der Waals surface area contributed by atoms with Crippen molar-refractivity contribution in [1.29, 1.82) is 0 Å². The molecule has 0 saturated carbocycles. The van der Waals surface area contributed by atoms with Gasteiger partial charge < -0.3 is 5.32 Å². The summed E-state index contributed by atoms with van der Waals surface area (Å²) in [7, 11) is 0. The van der Waals surface area contributed by atoms with Crippen molar-refractivity contribution in [3.63, 3.8) is 0 Å². The van der Waals surface area contributed by atoms with E-state index >= 15 is 0 Å². The highest BCUT2D eigenvalue weighted by Crippen LogP contribution is 2.41. The van der Waals surface area contributed by atoms with E-state index in [0.717, 1.165) is 17.7 Å². The SMILES string of the molecule is CC/C(C)=N\Nc1nc2c(Cl)cc(NC(=O)c3cccc(C)c3)c(Cl)c2s1. The number of carbonyl (C=O) groups excluding carboxylic acids is 1. The van der Waals surface area contributed by atoms with Gasteiger partial charge in [-0.15, -0.1) is 0 Å². The van der Waals surface area contributed by atoms with Crippen molar-refractivity contribution >= 4 is 67.2 Å². The first-order valence-corrected chi connectivity index (χ1v) is 9.92. The first kappa shape index (κ1) is 19.6. The number of thiazole rings is 1. The molecule has 1 heterocycles. The summed E-state index contributed by atoms with van der Waals surface area (Å²) < 4.78 is 0.690. The maximum absolute atomic E-state index is 12.5. The van der Waals surface area contributed by atoms with Gasteiger partial charge in [-0.2, -0.15) is 5.10 Å². The summed E-state index contributed by atoms with van der Waals surface area (Å²) in [5.74, 6) is -0.248. The number of halogens is 2. The van der Waals surface area contributed by atoms with Crippen LogP contribution in [0.15, 0.2) is 35.4 Å². The third-order valence-corrected chi connectivity index (χ3v) is 5.71. The van der Waals surface area contributed by atoms with Crippen LogP contribution in [0, 0.1) is 6.92 Å². The van der Waals surface area contributed by atoms with Gasteiger partial charge in [0, 0.05) is 11.3 Å². The van der Waals surface area contributed by atoms with E-state index in [2.05, 4.69) is 20.8 Å². The molecule has 0 aliphatic heterocycles. The summed E-state index contributed by atoms with van der Waals surface area (Å²) in [5, 5.41) is 8.47. The Morgan fingerprint density at radius 3 is 2.78 bits per heavy atom. The molecule has 5 nitrogen and oxygen atoms in total. The number of anilines is 2. The van der Waals surface area contributed by atoms with Gasteiger partial charge in [0.2, 0.25) is 5.13 Å². The standard InChI is InChI=1S/C19H18Cl2N4OS/c1-4-11(3)24-25-19-23-16-13(20)9-14(15(21)17(16)27-19)22-18(26)12-7-5-6-10(2)8-12/h5-9H,4H2,1-3H3,(H,22,26)(H,23,25)/b24-11-. The molecule has 140 valence electrons. The Hall–Kier alpha value is -2.15. The van der Waals surface area contributed by atoms with Crippen molar-refractivity contribution in [2.75, 3.05) is 10.7 Å². The molecule has 0 fully saturated rings. The van der Waals surface area contributed by atoms with Gasteiger partial charge in [-0.1, -0.05) is 59.2 Å². The second-order valence-electron chi connectivity index (χ2n) is 6.05. The van der Waals surface area contributed by atoms with Crippen LogP contribution >= 0.6 is 34.5 Å². The Morgan fingerprint density at radius 2 is 2.07 bits per heavy atom. The number of hydrogen-bond donors (Lipinski definition) is 2. The lowest BCUT2D eigenvalue weighted by molar-refractivity contribution is 0.102. The van der Waals surface area contributed by atoms with E-state index in [1.54, 1.807) is 12.1 Å². The molecule has 0 aliphatic rings. The number of hydrogen-bond acceptors (Lipinski definition) is 5. The molecule has 27 heavy (non-hydrogen) atoms. The van der Waals surface area contributed by atoms with Gasteiger partial charge in [0.25, 0.3) is 5.91 Å². The fraction of sp³-hybridized carbons (Fsp3) is 0.211. The Morgan fingerprint density at radius 1 is 1.30 bits per heavy atom. The van der Waals surface area contributed by atoms with Crippen LogP contribution in [0.3, 0.4) is 0 Å². The minimum Gasteiger partial charge on any atom is -0.321 e. The zero-order valence-corrected chi connectivity index (χ0v) is 17.4. The topological polar surface area (TPSA) is 66.4 Å². The highest BCUT2D eigenvalue weighted by Gasteiger charge is 2.17. The molecule has 1 amide bonds. The quantitative estimate of drug-likeness (QED) is 0.372. The number of nitrogens with one attached hydrogen (secondary N) is 2. The summed E-state index contributed by atoms with van der Waals surface area (Å²) in [4.78, 5) is 17.0. The fourth-order valence-electron chi connectivity index (χ4n) is 2.35. The number of amides is 1. The zero-order valence-electron chi connectivity index (χ0n) is 15.1. The average molecular weight is 421 g/mol. The van der Waals surface area contributed by atoms with E-state index in [9.17, 15) is 4.79 Å². The van der Waals surface area contributed by atoms with E-state index in [-0.39, 0.29) is 5.91 Å². The summed E-state index contributed by atoms with van der Waals surface area (Å²) >= 11 is 14.2. The van der Waals surface area contributed by atoms with Crippen LogP contribution in [0.25, 0.3) is 10.2 Å². The third kappa shape index (κ3) is 4.40. The lowest BCUT2D eigenvalue weighted by Gasteiger charge is -2.09. The number of benzene rings is 2. The largest absolute Gasteiger partial charge is 0.321 e. The van der Waals surface area contributed by atoms with Crippen LogP contribution in [0.2, 0.25) is 10.0 Å². The number of rotatable bonds is 5. The Kier molecular flexibility index (Phi) is 5.99. The van der Waals surface area contributed by atoms with Crippen molar-refractivity contribution in [2.45, 2.75) is 27.2 Å². The van der Waals surface area contributed by atoms with Crippen molar-refractivity contribution < 1.29 is 4.79 Å². The van der Waals surface area contributed by atoms with Crippen LogP contribution in [0.4, 0.5) is 10.8 Å². The first-order valence-electron chi connectivity index (χ1n) is 8.34. The Bertz CT molecular complexity index is 1050. The van der Waals surface area contributed by atoms with Crippen molar-refractivity contribution in [3.05, 3.63) is 51.5 Å². The van der Waals surface area contributed by atoms with Gasteiger partial charge in [-0.25, -0.2) is 4.98 Å². The van der Waals surface area contributed by atoms with Gasteiger partial charge in [-0.3, -0.25) is 10.2 Å². The van der Waals surface area contributed by atoms with Gasteiger partial charge in [-0.05, 0) is 38.5 Å². The minimum absolute atomic E-state index is 0.248. The van der Waals surface area contributed by atoms with E-state index in [1.807, 2.05) is 39.0 Å². The highest BCUT2D eigenvalue weighted by molar-refractivity contribution is 7.23. The second kappa shape index (κ2) is 8.25. The number of carbonyl (C=O) groups is 1. The van der Waals surface area contributed by atoms with Crippen molar-refractivity contribution in [3.8, 4) is 0 Å². The molecule has 0 spiro atoms. The predicted molar refractivity (Wildman–Crippen MR) is 116 cm³/mol. The van der Waals surface area contributed by atoms with E-state index in [4.69, 9.17) is 23.2 Å². The van der Waals surface area contributed by atoms with Crippen LogP contribution in [0.1, 0.15) is 36.2 Å². The molecule has 3 rings (SSSR count). The molecule has 3 aromatic rings. The number of aromatic nitrogens is 1. The first-order chi connectivity index (χ1) is 12.9. The minimum atomic E-state index is -0.248. The summed E-state index contributed by atoms with van der Waals surface area (Å²) in [5.41, 5.74) is 6.46. The van der Waals surface area contributed by atoms with Crippen molar-refractivity contribution in [2.24, 2.45) is 5.10 Å². The summed E-state index contributed by atoms with van der Waals surface area (Å²) in [6.07, 6.45) is 0.842. The molecule has 0 radical (unpaired) electrons. The molecule has 1 aromatic heterocycles. The monoisotopic (exact) mass is 420 g/mol. The van der Waals surface area contributed by atoms with E-state index in [0.29, 0.717) is 36.6 Å². The number of aryl methyl sites for hydroxylation is 1.